The summed E-state index contributed by atoms with van der Waals surface area (Å²) in [5.41, 5.74) is -0.930. The highest BCUT2D eigenvalue weighted by molar-refractivity contribution is 5.97. The van der Waals surface area contributed by atoms with E-state index in [2.05, 4.69) is 0 Å². The molecule has 0 aromatic carbocycles. The van der Waals surface area contributed by atoms with Gasteiger partial charge < -0.3 is 23.7 Å². The monoisotopic (exact) mass is 618 g/mol. The molecular formula is C29H37F3O11. The van der Waals surface area contributed by atoms with Crippen molar-refractivity contribution < 1.29 is 65.6 Å². The van der Waals surface area contributed by atoms with E-state index in [1.165, 1.54) is 6.92 Å². The summed E-state index contributed by atoms with van der Waals surface area (Å²) in [5.74, 6) is -10.8. The second-order valence-corrected chi connectivity index (χ2v) is 13.2. The molecule has 0 aromatic rings. The number of carbonyl (C=O) groups excluding carboxylic acids is 6. The third kappa shape index (κ3) is 7.31. The van der Waals surface area contributed by atoms with Crippen LogP contribution in [0.3, 0.4) is 0 Å². The maximum absolute atomic E-state index is 13.2. The zero-order valence-electron chi connectivity index (χ0n) is 24.6. The first-order valence-corrected chi connectivity index (χ1v) is 14.5. The zero-order valence-corrected chi connectivity index (χ0v) is 24.6. The molecule has 2 saturated carbocycles. The molecule has 2 aliphatic heterocycles. The van der Waals surface area contributed by atoms with Gasteiger partial charge in [-0.05, 0) is 69.6 Å². The summed E-state index contributed by atoms with van der Waals surface area (Å²) in [7, 11) is 0. The topological polar surface area (TPSA) is 149 Å². The highest BCUT2D eigenvalue weighted by Crippen LogP contribution is 2.61. The Morgan fingerprint density at radius 3 is 2.28 bits per heavy atom. The Morgan fingerprint density at radius 2 is 1.72 bits per heavy atom. The number of rotatable bonds is 9. The Hall–Kier alpha value is -3.19. The van der Waals surface area contributed by atoms with Crippen LogP contribution in [0.1, 0.15) is 66.7 Å². The molecule has 0 spiro atoms. The summed E-state index contributed by atoms with van der Waals surface area (Å²) < 4.78 is 64.9. The van der Waals surface area contributed by atoms with Gasteiger partial charge in [0.2, 0.25) is 0 Å². The van der Waals surface area contributed by atoms with Gasteiger partial charge in [0.1, 0.15) is 24.4 Å². The van der Waals surface area contributed by atoms with Crippen molar-refractivity contribution >= 4 is 35.8 Å². The molecule has 10 atom stereocenters. The van der Waals surface area contributed by atoms with Gasteiger partial charge in [0.25, 0.3) is 0 Å². The summed E-state index contributed by atoms with van der Waals surface area (Å²) in [6, 6.07) is 0. The van der Waals surface area contributed by atoms with Crippen LogP contribution >= 0.6 is 0 Å². The van der Waals surface area contributed by atoms with Gasteiger partial charge in [0.05, 0.1) is 30.6 Å². The van der Waals surface area contributed by atoms with Gasteiger partial charge in [0, 0.05) is 0 Å². The molecule has 11 nitrogen and oxygen atoms in total. The lowest BCUT2D eigenvalue weighted by Crippen LogP contribution is -2.44. The van der Waals surface area contributed by atoms with Gasteiger partial charge in [0.15, 0.2) is 0 Å². The molecule has 4 aliphatic rings. The largest absolute Gasteiger partial charge is 0.490 e. The Balaban J connectivity index is 1.54. The Labute approximate surface area is 246 Å². The minimum absolute atomic E-state index is 0.0721. The fourth-order valence-corrected chi connectivity index (χ4v) is 7.32. The van der Waals surface area contributed by atoms with Gasteiger partial charge in [-0.1, -0.05) is 13.8 Å². The van der Waals surface area contributed by atoms with Crippen LogP contribution in [0.25, 0.3) is 0 Å². The predicted molar refractivity (Wildman–Crippen MR) is 136 cm³/mol. The fourth-order valence-electron chi connectivity index (χ4n) is 7.32. The first-order chi connectivity index (χ1) is 19.9. The van der Waals surface area contributed by atoms with E-state index in [9.17, 15) is 41.9 Å². The number of halogens is 3. The van der Waals surface area contributed by atoms with Crippen molar-refractivity contribution in [2.24, 2.45) is 47.3 Å². The van der Waals surface area contributed by atoms with Crippen LogP contribution in [0.4, 0.5) is 13.2 Å². The molecule has 2 aliphatic carbocycles. The van der Waals surface area contributed by atoms with Gasteiger partial charge in [-0.3, -0.25) is 24.0 Å². The summed E-state index contributed by atoms with van der Waals surface area (Å²) in [5, 5.41) is 0. The Bertz CT molecular complexity index is 1160. The van der Waals surface area contributed by atoms with Crippen molar-refractivity contribution in [2.75, 3.05) is 6.61 Å². The standard InChI is InChI=1S/C29H37F3O11/c1-12(24(35)40-15-9-20(33)39-11-15)6-18-23(26(37)42-25(18)36)22-13(2)14-7-16(17(22)8-14)19(41-27(38)29(30,31)32)10-21(34)43-28(3,4)5/h12-19,22-23H,6-11H2,1-5H3. The minimum atomic E-state index is -5.29. The smallest absolute Gasteiger partial charge is 0.462 e. The van der Waals surface area contributed by atoms with E-state index in [1.807, 2.05) is 6.92 Å². The average Bonchev–Trinajstić information content (AvgIpc) is 3.61. The molecule has 14 heteroatoms. The quantitative estimate of drug-likeness (QED) is 0.213. The van der Waals surface area contributed by atoms with E-state index in [1.54, 1.807) is 20.8 Å². The van der Waals surface area contributed by atoms with Crippen molar-refractivity contribution in [3.05, 3.63) is 0 Å². The van der Waals surface area contributed by atoms with Crippen LogP contribution in [0.2, 0.25) is 0 Å². The van der Waals surface area contributed by atoms with Crippen LogP contribution in [-0.4, -0.2) is 66.4 Å². The van der Waals surface area contributed by atoms with E-state index in [4.69, 9.17) is 23.7 Å². The maximum atomic E-state index is 13.2. The molecule has 2 saturated heterocycles. The second-order valence-electron chi connectivity index (χ2n) is 13.2. The molecule has 240 valence electrons. The van der Waals surface area contributed by atoms with E-state index in [0.717, 1.165) is 0 Å². The number of esters is 6. The van der Waals surface area contributed by atoms with Crippen molar-refractivity contribution in [1.29, 1.82) is 0 Å². The van der Waals surface area contributed by atoms with Gasteiger partial charge in [-0.25, -0.2) is 4.79 Å². The minimum Gasteiger partial charge on any atom is -0.462 e. The third-order valence-electron chi connectivity index (χ3n) is 9.04. The maximum Gasteiger partial charge on any atom is 0.490 e. The Morgan fingerprint density at radius 1 is 1.05 bits per heavy atom. The first kappa shape index (κ1) is 32.7. The van der Waals surface area contributed by atoms with Crippen molar-refractivity contribution in [2.45, 2.75) is 90.7 Å². The number of alkyl halides is 3. The molecule has 4 fully saturated rings. The molecular weight excluding hydrogens is 581 g/mol. The van der Waals surface area contributed by atoms with Crippen molar-refractivity contribution in [3.8, 4) is 0 Å². The zero-order chi connectivity index (χ0) is 32.0. The number of carbonyl (C=O) groups is 6. The van der Waals surface area contributed by atoms with Crippen molar-refractivity contribution in [3.63, 3.8) is 0 Å². The molecule has 43 heavy (non-hydrogen) atoms. The summed E-state index contributed by atoms with van der Waals surface area (Å²) in [4.78, 5) is 74.5. The molecule has 10 unspecified atom stereocenters. The lowest BCUT2D eigenvalue weighted by molar-refractivity contribution is -0.210. The number of fused-ring (bicyclic) bond motifs is 2. The number of ether oxygens (including phenoxy) is 5. The van der Waals surface area contributed by atoms with Crippen LogP contribution in [0, 0.1) is 47.3 Å². The summed E-state index contributed by atoms with van der Waals surface area (Å²) >= 11 is 0. The number of hydrogen-bond acceptors (Lipinski definition) is 11. The van der Waals surface area contributed by atoms with Crippen LogP contribution < -0.4 is 0 Å². The van der Waals surface area contributed by atoms with Gasteiger partial charge >= 0.3 is 42.0 Å². The molecule has 0 radical (unpaired) electrons. The molecule has 4 rings (SSSR count). The lowest BCUT2D eigenvalue weighted by Gasteiger charge is -2.40. The number of cyclic esters (lactones) is 3. The average molecular weight is 619 g/mol. The normalized spacial score (nSPS) is 33.5. The van der Waals surface area contributed by atoms with Crippen LogP contribution in [-0.2, 0) is 52.5 Å². The molecule has 0 N–H and O–H groups in total. The van der Waals surface area contributed by atoms with Crippen LogP contribution in [0.5, 0.6) is 0 Å². The lowest BCUT2D eigenvalue weighted by atomic mass is 9.64. The third-order valence-corrected chi connectivity index (χ3v) is 9.04. The van der Waals surface area contributed by atoms with E-state index < -0.39 is 102 Å². The molecule has 0 aromatic heterocycles. The SMILES string of the molecule is CC(CC1C(=O)OC(=O)C1C1C(C)C2CC(C(CC(=O)OC(C)(C)C)OC(=O)C(F)(F)F)C1C2)C(=O)OC1COC(=O)C1. The highest BCUT2D eigenvalue weighted by Gasteiger charge is 2.62. The van der Waals surface area contributed by atoms with E-state index in [0.29, 0.717) is 12.8 Å². The van der Waals surface area contributed by atoms with E-state index in [-0.39, 0.29) is 31.3 Å². The molecule has 2 bridgehead atoms. The van der Waals surface area contributed by atoms with Gasteiger partial charge in [-0.15, -0.1) is 0 Å². The highest BCUT2D eigenvalue weighted by atomic mass is 19.4. The van der Waals surface area contributed by atoms with Crippen LogP contribution in [0.15, 0.2) is 0 Å². The first-order valence-electron chi connectivity index (χ1n) is 14.5. The summed E-state index contributed by atoms with van der Waals surface area (Å²) in [6.07, 6.45) is -7.44. The fraction of sp³-hybridized carbons (Fsp3) is 0.793. The predicted octanol–water partition coefficient (Wildman–Crippen LogP) is 3.30. The van der Waals surface area contributed by atoms with E-state index >= 15 is 0 Å². The van der Waals surface area contributed by atoms with Gasteiger partial charge in [-0.2, -0.15) is 13.2 Å². The summed E-state index contributed by atoms with van der Waals surface area (Å²) in [6.45, 7) is 8.12. The Kier molecular flexibility index (Phi) is 9.18. The molecule has 2 heterocycles. The number of hydrogen-bond donors (Lipinski definition) is 0. The second kappa shape index (κ2) is 12.1. The molecule has 0 amide bonds. The van der Waals surface area contributed by atoms with Crippen molar-refractivity contribution in [1.82, 2.24) is 0 Å².